The van der Waals surface area contributed by atoms with Crippen LogP contribution in [0.4, 0.5) is 16.2 Å². The fourth-order valence-electron chi connectivity index (χ4n) is 3.85. The zero-order valence-electron chi connectivity index (χ0n) is 18.9. The van der Waals surface area contributed by atoms with E-state index in [1.165, 1.54) is 12.1 Å². The standard InChI is InChI=1S/C22H32ClN3O6/c1-22(2,3)32-21(27)25-11-6-4-5-7-15(13-25)24-20-17(26(28)29)8-9-18(19(20)23)31-16-10-12-30-14-16/h8-9,15-16,24H,4-7,10-14H2,1-3H3/t15-,16-/m1/s1. The summed E-state index contributed by atoms with van der Waals surface area (Å²) >= 11 is 6.58. The van der Waals surface area contributed by atoms with E-state index in [0.717, 1.165) is 32.1 Å². The second-order valence-electron chi connectivity index (χ2n) is 9.25. The van der Waals surface area contributed by atoms with Crippen molar-refractivity contribution >= 4 is 29.1 Å². The minimum atomic E-state index is -0.597. The number of carbonyl (C=O) groups is 1. The smallest absolute Gasteiger partial charge is 0.410 e. The molecule has 178 valence electrons. The molecule has 2 saturated heterocycles. The predicted molar refractivity (Wildman–Crippen MR) is 122 cm³/mol. The number of nitro groups is 1. The fourth-order valence-corrected chi connectivity index (χ4v) is 4.10. The molecule has 2 atom stereocenters. The predicted octanol–water partition coefficient (Wildman–Crippen LogP) is 5.01. The van der Waals surface area contributed by atoms with E-state index in [9.17, 15) is 14.9 Å². The van der Waals surface area contributed by atoms with Gasteiger partial charge in [0.25, 0.3) is 5.69 Å². The number of likely N-dealkylation sites (tertiary alicyclic amines) is 1. The van der Waals surface area contributed by atoms with Crippen LogP contribution in [-0.4, -0.2) is 60.0 Å². The van der Waals surface area contributed by atoms with Crippen molar-refractivity contribution in [3.8, 4) is 5.75 Å². The average Bonchev–Trinajstić information content (AvgIpc) is 3.18. The number of anilines is 1. The second-order valence-corrected chi connectivity index (χ2v) is 9.63. The Balaban J connectivity index is 1.81. The van der Waals surface area contributed by atoms with E-state index in [4.69, 9.17) is 25.8 Å². The summed E-state index contributed by atoms with van der Waals surface area (Å²) in [7, 11) is 0. The maximum Gasteiger partial charge on any atom is 0.410 e. The van der Waals surface area contributed by atoms with Gasteiger partial charge in [0, 0.05) is 31.6 Å². The first-order valence-electron chi connectivity index (χ1n) is 11.1. The molecule has 1 amide bonds. The van der Waals surface area contributed by atoms with Crippen molar-refractivity contribution in [1.82, 2.24) is 4.90 Å². The molecule has 9 nitrogen and oxygen atoms in total. The first kappa shape index (κ1) is 24.4. The highest BCUT2D eigenvalue weighted by Gasteiger charge is 2.29. The summed E-state index contributed by atoms with van der Waals surface area (Å²) in [5, 5.41) is 15.1. The number of nitro benzene ring substituents is 1. The van der Waals surface area contributed by atoms with Gasteiger partial charge in [0.15, 0.2) is 0 Å². The summed E-state index contributed by atoms with van der Waals surface area (Å²) in [4.78, 5) is 25.6. The third-order valence-corrected chi connectivity index (χ3v) is 5.76. The van der Waals surface area contributed by atoms with E-state index in [1.54, 1.807) is 4.90 Å². The van der Waals surface area contributed by atoms with Crippen molar-refractivity contribution in [3.63, 3.8) is 0 Å². The molecule has 1 N–H and O–H groups in total. The third-order valence-electron chi connectivity index (χ3n) is 5.38. The van der Waals surface area contributed by atoms with E-state index in [-0.39, 0.29) is 34.6 Å². The van der Waals surface area contributed by atoms with Crippen LogP contribution in [-0.2, 0) is 9.47 Å². The second kappa shape index (κ2) is 10.6. The molecule has 2 aliphatic rings. The van der Waals surface area contributed by atoms with Crippen LogP contribution in [0.15, 0.2) is 12.1 Å². The molecule has 2 heterocycles. The minimum Gasteiger partial charge on any atom is -0.486 e. The van der Waals surface area contributed by atoms with Crippen molar-refractivity contribution in [2.45, 2.75) is 70.6 Å². The zero-order valence-corrected chi connectivity index (χ0v) is 19.7. The molecule has 0 unspecified atom stereocenters. The maximum atomic E-state index is 12.7. The number of benzene rings is 1. The lowest BCUT2D eigenvalue weighted by Gasteiger charge is -2.32. The van der Waals surface area contributed by atoms with Crippen LogP contribution < -0.4 is 10.1 Å². The monoisotopic (exact) mass is 469 g/mol. The van der Waals surface area contributed by atoms with Crippen molar-refractivity contribution in [2.75, 3.05) is 31.6 Å². The van der Waals surface area contributed by atoms with Gasteiger partial charge < -0.3 is 24.4 Å². The van der Waals surface area contributed by atoms with Gasteiger partial charge in [0.05, 0.1) is 18.1 Å². The lowest BCUT2D eigenvalue weighted by atomic mass is 10.0. The van der Waals surface area contributed by atoms with E-state index in [1.807, 2.05) is 20.8 Å². The maximum absolute atomic E-state index is 12.7. The molecule has 0 aromatic heterocycles. The molecule has 0 radical (unpaired) electrons. The van der Waals surface area contributed by atoms with Crippen LogP contribution >= 0.6 is 11.6 Å². The minimum absolute atomic E-state index is 0.129. The largest absolute Gasteiger partial charge is 0.486 e. The van der Waals surface area contributed by atoms with Crippen LogP contribution in [0.5, 0.6) is 5.75 Å². The Morgan fingerprint density at radius 1 is 1.28 bits per heavy atom. The molecule has 2 fully saturated rings. The van der Waals surface area contributed by atoms with Crippen molar-refractivity contribution in [2.24, 2.45) is 0 Å². The molecule has 1 aromatic rings. The number of hydrogen-bond donors (Lipinski definition) is 1. The van der Waals surface area contributed by atoms with Crippen LogP contribution in [0.3, 0.4) is 0 Å². The number of amides is 1. The number of halogens is 1. The average molecular weight is 470 g/mol. The molecule has 32 heavy (non-hydrogen) atoms. The molecule has 2 aliphatic heterocycles. The first-order chi connectivity index (χ1) is 15.1. The first-order valence-corrected chi connectivity index (χ1v) is 11.5. The van der Waals surface area contributed by atoms with Crippen molar-refractivity contribution < 1.29 is 23.9 Å². The Bertz CT molecular complexity index is 823. The Labute approximate surface area is 193 Å². The molecule has 0 spiro atoms. The Kier molecular flexibility index (Phi) is 8.05. The van der Waals surface area contributed by atoms with Crippen LogP contribution in [0, 0.1) is 10.1 Å². The summed E-state index contributed by atoms with van der Waals surface area (Å²) in [5.74, 6) is 0.380. The van der Waals surface area contributed by atoms with Gasteiger partial charge >= 0.3 is 6.09 Å². The van der Waals surface area contributed by atoms with Gasteiger partial charge in [-0.3, -0.25) is 10.1 Å². The van der Waals surface area contributed by atoms with Gasteiger partial charge in [0.2, 0.25) is 0 Å². The highest BCUT2D eigenvalue weighted by Crippen LogP contribution is 2.41. The van der Waals surface area contributed by atoms with Gasteiger partial charge in [-0.2, -0.15) is 0 Å². The van der Waals surface area contributed by atoms with E-state index in [0.29, 0.717) is 32.1 Å². The summed E-state index contributed by atoms with van der Waals surface area (Å²) in [5.41, 5.74) is -0.515. The highest BCUT2D eigenvalue weighted by atomic mass is 35.5. The van der Waals surface area contributed by atoms with Crippen LogP contribution in [0.1, 0.15) is 52.9 Å². The highest BCUT2D eigenvalue weighted by molar-refractivity contribution is 6.35. The number of nitrogens with one attached hydrogen (secondary N) is 1. The van der Waals surface area contributed by atoms with Gasteiger partial charge in [-0.25, -0.2) is 4.79 Å². The van der Waals surface area contributed by atoms with Gasteiger partial charge in [0.1, 0.15) is 28.2 Å². The summed E-state index contributed by atoms with van der Waals surface area (Å²) < 4.78 is 16.8. The summed E-state index contributed by atoms with van der Waals surface area (Å²) in [6.07, 6.45) is 3.76. The Hall–Kier alpha value is -2.26. The molecular formula is C22H32ClN3O6. The number of rotatable bonds is 5. The molecular weight excluding hydrogens is 438 g/mol. The van der Waals surface area contributed by atoms with Crippen LogP contribution in [0.25, 0.3) is 0 Å². The molecule has 0 aliphatic carbocycles. The van der Waals surface area contributed by atoms with Gasteiger partial charge in [-0.1, -0.05) is 24.4 Å². The molecule has 3 rings (SSSR count). The number of nitrogens with zero attached hydrogens (tertiary/aromatic N) is 2. The summed E-state index contributed by atoms with van der Waals surface area (Å²) in [6, 6.07) is 2.70. The van der Waals surface area contributed by atoms with E-state index >= 15 is 0 Å². The molecule has 0 bridgehead atoms. The normalized spacial score (nSPS) is 22.1. The summed E-state index contributed by atoms with van der Waals surface area (Å²) in [6.45, 7) is 7.50. The zero-order chi connectivity index (χ0) is 23.3. The number of hydrogen-bond acceptors (Lipinski definition) is 7. The lowest BCUT2D eigenvalue weighted by molar-refractivity contribution is -0.384. The fraction of sp³-hybridized carbons (Fsp3) is 0.682. The SMILES string of the molecule is CC(C)(C)OC(=O)N1CCCCC[C@@H](Nc2c([N+](=O)[O-])ccc(O[C@@H]3CCOC3)c2Cl)C1. The molecule has 10 heteroatoms. The lowest BCUT2D eigenvalue weighted by Crippen LogP contribution is -2.44. The third kappa shape index (κ3) is 6.62. The Morgan fingerprint density at radius 2 is 2.06 bits per heavy atom. The Morgan fingerprint density at radius 3 is 2.72 bits per heavy atom. The van der Waals surface area contributed by atoms with Crippen molar-refractivity contribution in [3.05, 3.63) is 27.3 Å². The molecule has 0 saturated carbocycles. The topological polar surface area (TPSA) is 103 Å². The number of carbonyl (C=O) groups excluding carboxylic acids is 1. The number of ether oxygens (including phenoxy) is 3. The quantitative estimate of drug-likeness (QED) is 0.477. The van der Waals surface area contributed by atoms with Crippen LogP contribution in [0.2, 0.25) is 5.02 Å². The van der Waals surface area contributed by atoms with E-state index < -0.39 is 10.5 Å². The van der Waals surface area contributed by atoms with Gasteiger partial charge in [-0.05, 0) is 39.7 Å². The van der Waals surface area contributed by atoms with Crippen molar-refractivity contribution in [1.29, 1.82) is 0 Å². The van der Waals surface area contributed by atoms with E-state index in [2.05, 4.69) is 5.32 Å². The van der Waals surface area contributed by atoms with Gasteiger partial charge in [-0.15, -0.1) is 0 Å². The molecule has 1 aromatic carbocycles.